The van der Waals surface area contributed by atoms with Crippen molar-refractivity contribution < 1.29 is 14.3 Å². The van der Waals surface area contributed by atoms with Crippen molar-refractivity contribution in [1.82, 2.24) is 5.32 Å². The van der Waals surface area contributed by atoms with Crippen molar-refractivity contribution in [2.24, 2.45) is 0 Å². The zero-order chi connectivity index (χ0) is 19.6. The largest absolute Gasteiger partial charge is 0.493 e. The molecule has 2 aromatic carbocycles. The highest BCUT2D eigenvalue weighted by molar-refractivity contribution is 9.10. The summed E-state index contributed by atoms with van der Waals surface area (Å²) in [7, 11) is 1.58. The van der Waals surface area contributed by atoms with Gasteiger partial charge >= 0.3 is 0 Å². The van der Waals surface area contributed by atoms with E-state index >= 15 is 0 Å². The molecular weight excluding hydrogens is 428 g/mol. The molecule has 1 amide bonds. The Morgan fingerprint density at radius 3 is 2.52 bits per heavy atom. The highest BCUT2D eigenvalue weighted by atomic mass is 79.9. The minimum atomic E-state index is -0.209. The average Bonchev–Trinajstić information content (AvgIpc) is 2.91. The van der Waals surface area contributed by atoms with Crippen LogP contribution < -0.4 is 19.7 Å². The molecule has 140 valence electrons. The molecule has 1 aliphatic heterocycles. The van der Waals surface area contributed by atoms with E-state index in [4.69, 9.17) is 21.7 Å². The van der Waals surface area contributed by atoms with E-state index in [1.54, 1.807) is 13.2 Å². The number of para-hydroxylation sites is 1. The number of anilines is 1. The lowest BCUT2D eigenvalue weighted by molar-refractivity contribution is -0.113. The van der Waals surface area contributed by atoms with E-state index in [0.717, 1.165) is 15.7 Å². The van der Waals surface area contributed by atoms with E-state index in [9.17, 15) is 4.79 Å². The summed E-state index contributed by atoms with van der Waals surface area (Å²) < 4.78 is 12.0. The Morgan fingerprint density at radius 2 is 1.89 bits per heavy atom. The van der Waals surface area contributed by atoms with E-state index < -0.39 is 0 Å². The molecule has 5 nitrogen and oxygen atoms in total. The van der Waals surface area contributed by atoms with Crippen LogP contribution in [0.5, 0.6) is 11.5 Å². The SMILES string of the molecule is COc1cc(/C=C2\NC(=S)N(c3ccccc3)C2=O)c(Br)cc1OC(C)C. The lowest BCUT2D eigenvalue weighted by atomic mass is 10.1. The van der Waals surface area contributed by atoms with Crippen LogP contribution in [0.3, 0.4) is 0 Å². The first-order chi connectivity index (χ1) is 12.9. The molecule has 2 aromatic rings. The molecule has 7 heteroatoms. The summed E-state index contributed by atoms with van der Waals surface area (Å²) in [5.74, 6) is 1.01. The van der Waals surface area contributed by atoms with Crippen molar-refractivity contribution in [2.45, 2.75) is 20.0 Å². The third kappa shape index (κ3) is 4.14. The van der Waals surface area contributed by atoms with Crippen molar-refractivity contribution >= 4 is 50.9 Å². The van der Waals surface area contributed by atoms with Crippen molar-refractivity contribution in [3.63, 3.8) is 0 Å². The molecule has 0 radical (unpaired) electrons. The Balaban J connectivity index is 1.95. The Kier molecular flexibility index (Phi) is 5.82. The molecule has 0 aliphatic carbocycles. The Hall–Kier alpha value is -2.38. The summed E-state index contributed by atoms with van der Waals surface area (Å²) in [5.41, 5.74) is 1.89. The highest BCUT2D eigenvalue weighted by Crippen LogP contribution is 2.35. The number of benzene rings is 2. The lowest BCUT2D eigenvalue weighted by Gasteiger charge is -2.15. The molecule has 0 unspecified atom stereocenters. The lowest BCUT2D eigenvalue weighted by Crippen LogP contribution is -2.30. The Labute approximate surface area is 172 Å². The number of thiocarbonyl (C=S) groups is 1. The molecule has 1 N–H and O–H groups in total. The van der Waals surface area contributed by atoms with Gasteiger partial charge in [0.2, 0.25) is 0 Å². The molecular formula is C20H19BrN2O3S. The number of hydrogen-bond donors (Lipinski definition) is 1. The zero-order valence-electron chi connectivity index (χ0n) is 15.2. The number of halogens is 1. The quantitative estimate of drug-likeness (QED) is 0.540. The van der Waals surface area contributed by atoms with Gasteiger partial charge in [0.05, 0.1) is 18.9 Å². The maximum atomic E-state index is 12.8. The minimum absolute atomic E-state index is 0.0184. The van der Waals surface area contributed by atoms with Crippen LogP contribution in [0.15, 0.2) is 52.6 Å². The summed E-state index contributed by atoms with van der Waals surface area (Å²) >= 11 is 8.88. The van der Waals surface area contributed by atoms with E-state index in [2.05, 4.69) is 21.2 Å². The second-order valence-electron chi connectivity index (χ2n) is 6.16. The number of nitrogens with zero attached hydrogens (tertiary/aromatic N) is 1. The minimum Gasteiger partial charge on any atom is -0.493 e. The van der Waals surface area contributed by atoms with E-state index in [1.807, 2.05) is 56.3 Å². The van der Waals surface area contributed by atoms with E-state index in [1.165, 1.54) is 4.90 Å². The van der Waals surface area contributed by atoms with Crippen LogP contribution in [0.4, 0.5) is 5.69 Å². The summed E-state index contributed by atoms with van der Waals surface area (Å²) in [6, 6.07) is 12.9. The van der Waals surface area contributed by atoms with E-state index in [0.29, 0.717) is 22.3 Å². The van der Waals surface area contributed by atoms with Gasteiger partial charge in [0.25, 0.3) is 5.91 Å². The number of methoxy groups -OCH3 is 1. The molecule has 27 heavy (non-hydrogen) atoms. The number of carbonyl (C=O) groups excluding carboxylic acids is 1. The van der Waals surface area contributed by atoms with Gasteiger partial charge in [-0.15, -0.1) is 0 Å². The predicted octanol–water partition coefficient (Wildman–Crippen LogP) is 4.51. The number of hydrogen-bond acceptors (Lipinski definition) is 4. The first-order valence-electron chi connectivity index (χ1n) is 8.37. The number of carbonyl (C=O) groups is 1. The molecule has 0 bridgehead atoms. The fraction of sp³-hybridized carbons (Fsp3) is 0.200. The first kappa shape index (κ1) is 19.4. The van der Waals surface area contributed by atoms with E-state index in [-0.39, 0.29) is 12.0 Å². The van der Waals surface area contributed by atoms with Crippen LogP contribution in [0.1, 0.15) is 19.4 Å². The topological polar surface area (TPSA) is 50.8 Å². The Morgan fingerprint density at radius 1 is 1.19 bits per heavy atom. The maximum Gasteiger partial charge on any atom is 0.281 e. The molecule has 0 atom stereocenters. The monoisotopic (exact) mass is 446 g/mol. The molecule has 0 aromatic heterocycles. The van der Waals surface area contributed by atoms with Crippen molar-refractivity contribution in [3.05, 3.63) is 58.2 Å². The fourth-order valence-electron chi connectivity index (χ4n) is 2.67. The molecule has 3 rings (SSSR count). The van der Waals surface area contributed by atoms with Crippen LogP contribution in [0.25, 0.3) is 6.08 Å². The van der Waals surface area contributed by atoms with Crippen LogP contribution in [-0.2, 0) is 4.79 Å². The van der Waals surface area contributed by atoms with Gasteiger partial charge in [-0.2, -0.15) is 0 Å². The van der Waals surface area contributed by atoms with Crippen molar-refractivity contribution in [3.8, 4) is 11.5 Å². The molecule has 0 saturated carbocycles. The third-order valence-corrected chi connectivity index (χ3v) is 4.81. The standard InChI is InChI=1S/C20H19BrN2O3S/c1-12(2)26-18-11-15(21)13(10-17(18)25-3)9-16-19(24)23(20(27)22-16)14-7-5-4-6-8-14/h4-12H,1-3H3,(H,22,27)/b16-9-. The van der Waals surface area contributed by atoms with Gasteiger partial charge < -0.3 is 14.8 Å². The second-order valence-corrected chi connectivity index (χ2v) is 7.40. The molecule has 1 fully saturated rings. The van der Waals surface area contributed by atoms with Crippen molar-refractivity contribution in [1.29, 1.82) is 0 Å². The van der Waals surface area contributed by atoms with Crippen LogP contribution in [0, 0.1) is 0 Å². The fourth-order valence-corrected chi connectivity index (χ4v) is 3.40. The van der Waals surface area contributed by atoms with Gasteiger partial charge in [0.1, 0.15) is 5.70 Å². The number of ether oxygens (including phenoxy) is 2. The van der Waals surface area contributed by atoms with Crippen LogP contribution in [-0.4, -0.2) is 24.2 Å². The predicted molar refractivity (Wildman–Crippen MR) is 114 cm³/mol. The zero-order valence-corrected chi connectivity index (χ0v) is 17.6. The first-order valence-corrected chi connectivity index (χ1v) is 9.57. The van der Waals surface area contributed by atoms with Gasteiger partial charge in [0, 0.05) is 4.47 Å². The molecule has 1 aliphatic rings. The smallest absolute Gasteiger partial charge is 0.281 e. The van der Waals surface area contributed by atoms with Gasteiger partial charge in [-0.05, 0) is 62.0 Å². The Bertz CT molecular complexity index is 913. The number of rotatable bonds is 5. The summed E-state index contributed by atoms with van der Waals surface area (Å²) in [6.45, 7) is 3.90. The summed E-state index contributed by atoms with van der Waals surface area (Å²) in [4.78, 5) is 14.3. The molecule has 1 saturated heterocycles. The number of nitrogens with one attached hydrogen (secondary N) is 1. The molecule has 0 spiro atoms. The van der Waals surface area contributed by atoms with Gasteiger partial charge in [-0.3, -0.25) is 9.69 Å². The van der Waals surface area contributed by atoms with Crippen LogP contribution >= 0.6 is 28.1 Å². The van der Waals surface area contributed by atoms with Gasteiger partial charge in [0.15, 0.2) is 16.6 Å². The highest BCUT2D eigenvalue weighted by Gasteiger charge is 2.32. The third-order valence-electron chi connectivity index (χ3n) is 3.84. The maximum absolute atomic E-state index is 12.8. The van der Waals surface area contributed by atoms with Crippen LogP contribution in [0.2, 0.25) is 0 Å². The number of amides is 1. The second kappa shape index (κ2) is 8.10. The summed E-state index contributed by atoms with van der Waals surface area (Å²) in [6.07, 6.45) is 1.76. The molecule has 1 heterocycles. The van der Waals surface area contributed by atoms with Gasteiger partial charge in [-0.1, -0.05) is 34.1 Å². The van der Waals surface area contributed by atoms with Gasteiger partial charge in [-0.25, -0.2) is 0 Å². The normalized spacial score (nSPS) is 15.4. The average molecular weight is 447 g/mol. The van der Waals surface area contributed by atoms with Crippen molar-refractivity contribution in [2.75, 3.05) is 12.0 Å². The summed E-state index contributed by atoms with van der Waals surface area (Å²) in [5, 5.41) is 3.34.